The van der Waals surface area contributed by atoms with Gasteiger partial charge in [-0.25, -0.2) is 15.8 Å². The minimum atomic E-state index is 0.629. The fourth-order valence-corrected chi connectivity index (χ4v) is 2.54. The molecular formula is C12H13ClN4S. The Morgan fingerprint density at radius 3 is 2.89 bits per heavy atom. The Balaban J connectivity index is 2.08. The van der Waals surface area contributed by atoms with Crippen LogP contribution in [-0.2, 0) is 5.75 Å². The maximum Gasteiger partial charge on any atom is 0.143 e. The molecule has 0 unspecified atom stereocenters. The summed E-state index contributed by atoms with van der Waals surface area (Å²) in [5.74, 6) is 7.40. The Kier molecular flexibility index (Phi) is 4.41. The number of hydrogen-bond donors (Lipinski definition) is 2. The molecule has 0 fully saturated rings. The molecule has 2 rings (SSSR count). The molecule has 4 nitrogen and oxygen atoms in total. The zero-order valence-electron chi connectivity index (χ0n) is 9.85. The van der Waals surface area contributed by atoms with Crippen LogP contribution in [0.1, 0.15) is 11.5 Å². The summed E-state index contributed by atoms with van der Waals surface area (Å²) in [6.45, 7) is 1.91. The Hall–Kier alpha value is -1.30. The smallest absolute Gasteiger partial charge is 0.143 e. The highest BCUT2D eigenvalue weighted by atomic mass is 35.5. The van der Waals surface area contributed by atoms with Crippen molar-refractivity contribution in [3.63, 3.8) is 0 Å². The van der Waals surface area contributed by atoms with Gasteiger partial charge >= 0.3 is 0 Å². The van der Waals surface area contributed by atoms with Crippen molar-refractivity contribution >= 4 is 29.2 Å². The van der Waals surface area contributed by atoms with Gasteiger partial charge in [0.25, 0.3) is 0 Å². The van der Waals surface area contributed by atoms with E-state index in [2.05, 4.69) is 15.4 Å². The first kappa shape index (κ1) is 13.1. The standard InChI is InChI=1S/C12H13ClN4S/c1-8-5-11(17-14)16-12(15-8)7-18-10-4-2-3-9(13)6-10/h2-6H,7,14H2,1H3,(H,15,16,17). The third-order valence-corrected chi connectivity index (χ3v) is 3.44. The predicted molar refractivity (Wildman–Crippen MR) is 75.6 cm³/mol. The summed E-state index contributed by atoms with van der Waals surface area (Å²) in [7, 11) is 0. The molecule has 1 aromatic heterocycles. The minimum Gasteiger partial charge on any atom is -0.308 e. The molecule has 0 bridgehead atoms. The molecule has 94 valence electrons. The average Bonchev–Trinajstić information content (AvgIpc) is 2.36. The van der Waals surface area contributed by atoms with Crippen LogP contribution in [0.2, 0.25) is 5.02 Å². The first-order chi connectivity index (χ1) is 8.67. The van der Waals surface area contributed by atoms with Gasteiger partial charge in [-0.15, -0.1) is 11.8 Å². The predicted octanol–water partition coefficient (Wildman–Crippen LogP) is 3.02. The Morgan fingerprint density at radius 2 is 2.17 bits per heavy atom. The summed E-state index contributed by atoms with van der Waals surface area (Å²) in [6, 6.07) is 9.51. The van der Waals surface area contributed by atoms with Gasteiger partial charge < -0.3 is 5.43 Å². The molecule has 1 heterocycles. The number of nitrogens with zero attached hydrogens (tertiary/aromatic N) is 2. The van der Waals surface area contributed by atoms with Gasteiger partial charge in [0.05, 0.1) is 5.75 Å². The van der Waals surface area contributed by atoms with Gasteiger partial charge in [-0.1, -0.05) is 17.7 Å². The molecule has 18 heavy (non-hydrogen) atoms. The Bertz CT molecular complexity index is 547. The highest BCUT2D eigenvalue weighted by Crippen LogP contribution is 2.24. The molecular weight excluding hydrogens is 268 g/mol. The molecule has 0 spiro atoms. The van der Waals surface area contributed by atoms with Gasteiger partial charge in [0.2, 0.25) is 0 Å². The second-order valence-corrected chi connectivity index (χ2v) is 5.19. The highest BCUT2D eigenvalue weighted by Gasteiger charge is 2.03. The van der Waals surface area contributed by atoms with Gasteiger partial charge in [0, 0.05) is 21.7 Å². The van der Waals surface area contributed by atoms with Crippen molar-refractivity contribution in [3.8, 4) is 0 Å². The number of rotatable bonds is 4. The van der Waals surface area contributed by atoms with Crippen molar-refractivity contribution in [3.05, 3.63) is 46.9 Å². The summed E-state index contributed by atoms with van der Waals surface area (Å²) in [4.78, 5) is 9.74. The van der Waals surface area contributed by atoms with E-state index < -0.39 is 0 Å². The number of halogens is 1. The van der Waals surface area contributed by atoms with Gasteiger partial charge in [-0.05, 0) is 25.1 Å². The molecule has 0 atom stereocenters. The maximum absolute atomic E-state index is 5.93. The third-order valence-electron chi connectivity index (χ3n) is 2.21. The van der Waals surface area contributed by atoms with Crippen LogP contribution in [-0.4, -0.2) is 9.97 Å². The first-order valence-corrected chi connectivity index (χ1v) is 6.73. The van der Waals surface area contributed by atoms with Crippen LogP contribution in [0.15, 0.2) is 35.2 Å². The van der Waals surface area contributed by atoms with E-state index in [4.69, 9.17) is 17.4 Å². The molecule has 0 radical (unpaired) electrons. The highest BCUT2D eigenvalue weighted by molar-refractivity contribution is 7.98. The molecule has 0 aliphatic heterocycles. The van der Waals surface area contributed by atoms with E-state index >= 15 is 0 Å². The van der Waals surface area contributed by atoms with Crippen molar-refractivity contribution in [2.75, 3.05) is 5.43 Å². The van der Waals surface area contributed by atoms with Gasteiger partial charge in [-0.2, -0.15) is 0 Å². The zero-order chi connectivity index (χ0) is 13.0. The van der Waals surface area contributed by atoms with Crippen LogP contribution in [0.4, 0.5) is 5.82 Å². The van der Waals surface area contributed by atoms with Gasteiger partial charge in [-0.3, -0.25) is 0 Å². The van der Waals surface area contributed by atoms with Gasteiger partial charge in [0.1, 0.15) is 11.6 Å². The van der Waals surface area contributed by atoms with Crippen LogP contribution < -0.4 is 11.3 Å². The van der Waals surface area contributed by atoms with E-state index in [1.54, 1.807) is 17.8 Å². The lowest BCUT2D eigenvalue weighted by Crippen LogP contribution is -2.10. The second-order valence-electron chi connectivity index (χ2n) is 3.70. The number of hydrogen-bond acceptors (Lipinski definition) is 5. The monoisotopic (exact) mass is 280 g/mol. The summed E-state index contributed by atoms with van der Waals surface area (Å²) < 4.78 is 0. The fourth-order valence-electron chi connectivity index (χ4n) is 1.47. The van der Waals surface area contributed by atoms with Crippen LogP contribution in [0.25, 0.3) is 0 Å². The fraction of sp³-hybridized carbons (Fsp3) is 0.167. The number of nitrogens with one attached hydrogen (secondary N) is 1. The summed E-state index contributed by atoms with van der Waals surface area (Å²) >= 11 is 7.57. The van der Waals surface area contributed by atoms with E-state index in [9.17, 15) is 0 Å². The number of aromatic nitrogens is 2. The molecule has 0 amide bonds. The van der Waals surface area contributed by atoms with Gasteiger partial charge in [0.15, 0.2) is 0 Å². The minimum absolute atomic E-state index is 0.629. The normalized spacial score (nSPS) is 10.4. The van der Waals surface area contributed by atoms with E-state index in [-0.39, 0.29) is 0 Å². The number of aryl methyl sites for hydroxylation is 1. The second kappa shape index (κ2) is 6.04. The number of nitrogens with two attached hydrogens (primary N) is 1. The van der Waals surface area contributed by atoms with Crippen LogP contribution in [0, 0.1) is 6.92 Å². The zero-order valence-corrected chi connectivity index (χ0v) is 11.4. The third kappa shape index (κ3) is 3.60. The van der Waals surface area contributed by atoms with Crippen LogP contribution >= 0.6 is 23.4 Å². The quantitative estimate of drug-likeness (QED) is 0.512. The van der Waals surface area contributed by atoms with Crippen LogP contribution in [0.5, 0.6) is 0 Å². The lowest BCUT2D eigenvalue weighted by molar-refractivity contribution is 0.990. The molecule has 0 saturated heterocycles. The van der Waals surface area contributed by atoms with Crippen molar-refractivity contribution in [1.29, 1.82) is 0 Å². The average molecular weight is 281 g/mol. The Labute approximate surface area is 115 Å². The Morgan fingerprint density at radius 1 is 1.33 bits per heavy atom. The number of thioether (sulfide) groups is 1. The molecule has 0 aliphatic rings. The molecule has 2 aromatic rings. The number of hydrazine groups is 1. The molecule has 0 saturated carbocycles. The maximum atomic E-state index is 5.93. The van der Waals surface area contributed by atoms with E-state index in [1.807, 2.05) is 31.2 Å². The molecule has 0 aliphatic carbocycles. The summed E-state index contributed by atoms with van der Waals surface area (Å²) in [5.41, 5.74) is 3.42. The number of anilines is 1. The summed E-state index contributed by atoms with van der Waals surface area (Å²) in [5, 5.41) is 0.731. The van der Waals surface area contributed by atoms with Crippen molar-refractivity contribution in [1.82, 2.24) is 9.97 Å². The molecule has 6 heteroatoms. The topological polar surface area (TPSA) is 63.8 Å². The van der Waals surface area contributed by atoms with E-state index in [0.29, 0.717) is 11.6 Å². The van der Waals surface area contributed by atoms with Crippen LogP contribution in [0.3, 0.4) is 0 Å². The molecule has 1 aromatic carbocycles. The number of nitrogen functional groups attached to an aromatic ring is 1. The van der Waals surface area contributed by atoms with Crippen molar-refractivity contribution in [2.45, 2.75) is 17.6 Å². The lowest BCUT2D eigenvalue weighted by Gasteiger charge is -2.05. The van der Waals surface area contributed by atoms with Crippen molar-refractivity contribution in [2.24, 2.45) is 5.84 Å². The van der Waals surface area contributed by atoms with E-state index in [1.165, 1.54) is 0 Å². The SMILES string of the molecule is Cc1cc(NN)nc(CSc2cccc(Cl)c2)n1. The lowest BCUT2D eigenvalue weighted by atomic mass is 10.4. The number of benzene rings is 1. The first-order valence-electron chi connectivity index (χ1n) is 5.37. The van der Waals surface area contributed by atoms with Crippen molar-refractivity contribution < 1.29 is 0 Å². The summed E-state index contributed by atoms with van der Waals surface area (Å²) in [6.07, 6.45) is 0. The largest absolute Gasteiger partial charge is 0.308 e. The van der Waals surface area contributed by atoms with E-state index in [0.717, 1.165) is 21.4 Å². The molecule has 3 N–H and O–H groups in total.